The fraction of sp³-hybridized carbons (Fsp3) is 0.714. The molecule has 3 heteroatoms. The number of fused-ring (bicyclic) bond motifs is 1. The standard InChI is InChI=1S/C14H19NOS/c1-13(2)6-9-11(10(16)7-13)17-12(15-9)8-5-14(8,3)4/h8H,5-7H2,1-4H3. The number of Topliss-reactive ketones (excluding diaryl/α,β-unsaturated/α-hetero) is 1. The second-order valence-corrected chi connectivity index (χ2v) is 8.04. The Hall–Kier alpha value is -0.700. The predicted molar refractivity (Wildman–Crippen MR) is 69.7 cm³/mol. The highest BCUT2D eigenvalue weighted by Crippen LogP contribution is 2.59. The summed E-state index contributed by atoms with van der Waals surface area (Å²) in [5.41, 5.74) is 1.56. The molecule has 0 aromatic carbocycles. The number of hydrogen-bond acceptors (Lipinski definition) is 3. The van der Waals surface area contributed by atoms with E-state index < -0.39 is 0 Å². The van der Waals surface area contributed by atoms with E-state index in [1.54, 1.807) is 11.3 Å². The minimum atomic E-state index is 0.0918. The van der Waals surface area contributed by atoms with Crippen LogP contribution < -0.4 is 0 Å². The molecular weight excluding hydrogens is 230 g/mol. The first kappa shape index (κ1) is 11.4. The summed E-state index contributed by atoms with van der Waals surface area (Å²) in [6, 6.07) is 0. The zero-order valence-electron chi connectivity index (χ0n) is 11.0. The van der Waals surface area contributed by atoms with Crippen LogP contribution in [0.2, 0.25) is 0 Å². The molecule has 2 nitrogen and oxygen atoms in total. The van der Waals surface area contributed by atoms with Crippen molar-refractivity contribution in [2.24, 2.45) is 10.8 Å². The van der Waals surface area contributed by atoms with Crippen molar-refractivity contribution >= 4 is 17.1 Å². The molecule has 1 atom stereocenters. The highest BCUT2D eigenvalue weighted by atomic mass is 32.1. The topological polar surface area (TPSA) is 30.0 Å². The number of nitrogens with zero attached hydrogens (tertiary/aromatic N) is 1. The third-order valence-corrected chi connectivity index (χ3v) is 5.32. The SMILES string of the molecule is CC1(C)CC(=O)c2sc(C3CC3(C)C)nc2C1. The Morgan fingerprint density at radius 1 is 1.24 bits per heavy atom. The third-order valence-electron chi connectivity index (χ3n) is 4.06. The highest BCUT2D eigenvalue weighted by molar-refractivity contribution is 7.14. The normalized spacial score (nSPS) is 28.9. The van der Waals surface area contributed by atoms with Gasteiger partial charge in [-0.3, -0.25) is 4.79 Å². The number of thiazole rings is 1. The Bertz CT molecular complexity index is 498. The average Bonchev–Trinajstić information content (AvgIpc) is 2.63. The lowest BCUT2D eigenvalue weighted by atomic mass is 9.78. The molecule has 92 valence electrons. The van der Waals surface area contributed by atoms with Crippen LogP contribution in [0.25, 0.3) is 0 Å². The second-order valence-electron chi connectivity index (χ2n) is 7.01. The molecule has 3 rings (SSSR count). The van der Waals surface area contributed by atoms with Crippen molar-refractivity contribution in [1.29, 1.82) is 0 Å². The molecule has 1 heterocycles. The molecule has 0 radical (unpaired) electrons. The van der Waals surface area contributed by atoms with Crippen molar-refractivity contribution in [3.05, 3.63) is 15.6 Å². The lowest BCUT2D eigenvalue weighted by molar-refractivity contribution is 0.0916. The number of ketones is 1. The molecule has 0 bridgehead atoms. The molecule has 1 aromatic rings. The maximum absolute atomic E-state index is 12.1. The Balaban J connectivity index is 1.96. The van der Waals surface area contributed by atoms with Gasteiger partial charge in [0.25, 0.3) is 0 Å². The summed E-state index contributed by atoms with van der Waals surface area (Å²) in [4.78, 5) is 17.8. The molecule has 0 N–H and O–H groups in total. The van der Waals surface area contributed by atoms with Crippen molar-refractivity contribution in [2.75, 3.05) is 0 Å². The molecule has 1 aromatic heterocycles. The van der Waals surface area contributed by atoms with E-state index in [9.17, 15) is 4.79 Å². The van der Waals surface area contributed by atoms with Gasteiger partial charge < -0.3 is 0 Å². The van der Waals surface area contributed by atoms with Crippen LogP contribution in [0.15, 0.2) is 0 Å². The van der Waals surface area contributed by atoms with Gasteiger partial charge in [-0.2, -0.15) is 0 Å². The van der Waals surface area contributed by atoms with Gasteiger partial charge in [0.1, 0.15) is 0 Å². The van der Waals surface area contributed by atoms with E-state index in [1.807, 2.05) is 0 Å². The Labute approximate surface area is 106 Å². The van der Waals surface area contributed by atoms with E-state index in [0.29, 0.717) is 23.5 Å². The van der Waals surface area contributed by atoms with E-state index in [4.69, 9.17) is 4.98 Å². The minimum Gasteiger partial charge on any atom is -0.293 e. The van der Waals surface area contributed by atoms with E-state index in [0.717, 1.165) is 17.0 Å². The number of rotatable bonds is 1. The van der Waals surface area contributed by atoms with Crippen LogP contribution in [0.1, 0.15) is 66.8 Å². The molecule has 0 amide bonds. The monoisotopic (exact) mass is 249 g/mol. The van der Waals surface area contributed by atoms with Crippen molar-refractivity contribution in [3.63, 3.8) is 0 Å². The molecule has 1 fully saturated rings. The van der Waals surface area contributed by atoms with Crippen LogP contribution >= 0.6 is 11.3 Å². The van der Waals surface area contributed by atoms with Crippen LogP contribution in [0, 0.1) is 10.8 Å². The molecule has 2 aliphatic rings. The van der Waals surface area contributed by atoms with E-state index in [-0.39, 0.29) is 5.41 Å². The summed E-state index contributed by atoms with van der Waals surface area (Å²) in [7, 11) is 0. The maximum Gasteiger partial charge on any atom is 0.175 e. The zero-order valence-corrected chi connectivity index (χ0v) is 11.8. The third kappa shape index (κ3) is 1.85. The quantitative estimate of drug-likeness (QED) is 0.757. The van der Waals surface area contributed by atoms with Crippen molar-refractivity contribution in [3.8, 4) is 0 Å². The maximum atomic E-state index is 12.1. The Morgan fingerprint density at radius 3 is 2.47 bits per heavy atom. The number of aromatic nitrogens is 1. The van der Waals surface area contributed by atoms with Crippen molar-refractivity contribution < 1.29 is 4.79 Å². The van der Waals surface area contributed by atoms with E-state index in [2.05, 4.69) is 27.7 Å². The van der Waals surface area contributed by atoms with Gasteiger partial charge in [0.15, 0.2) is 5.78 Å². The van der Waals surface area contributed by atoms with Crippen molar-refractivity contribution in [2.45, 2.75) is 52.9 Å². The number of carbonyl (C=O) groups excluding carboxylic acids is 1. The molecule has 1 saturated carbocycles. The molecule has 0 spiro atoms. The van der Waals surface area contributed by atoms with Gasteiger partial charge in [0, 0.05) is 12.3 Å². The van der Waals surface area contributed by atoms with Crippen molar-refractivity contribution in [1.82, 2.24) is 4.98 Å². The van der Waals surface area contributed by atoms with Gasteiger partial charge in [-0.15, -0.1) is 11.3 Å². The molecule has 17 heavy (non-hydrogen) atoms. The summed E-state index contributed by atoms with van der Waals surface area (Å²) < 4.78 is 0. The molecule has 1 unspecified atom stereocenters. The fourth-order valence-corrected chi connectivity index (χ4v) is 4.11. The largest absolute Gasteiger partial charge is 0.293 e. The summed E-state index contributed by atoms with van der Waals surface area (Å²) >= 11 is 1.66. The zero-order chi connectivity index (χ0) is 12.4. The van der Waals surface area contributed by atoms with Gasteiger partial charge in [-0.25, -0.2) is 4.98 Å². The van der Waals surface area contributed by atoms with Crippen LogP contribution in [0.5, 0.6) is 0 Å². The molecule has 0 aliphatic heterocycles. The van der Waals surface area contributed by atoms with E-state index in [1.165, 1.54) is 11.4 Å². The van der Waals surface area contributed by atoms with Gasteiger partial charge in [0.05, 0.1) is 15.6 Å². The number of carbonyl (C=O) groups is 1. The summed E-state index contributed by atoms with van der Waals surface area (Å²) in [6.07, 6.45) is 2.85. The lowest BCUT2D eigenvalue weighted by Crippen LogP contribution is -2.26. The highest BCUT2D eigenvalue weighted by Gasteiger charge is 2.49. The lowest BCUT2D eigenvalue weighted by Gasteiger charge is -2.26. The van der Waals surface area contributed by atoms with Crippen LogP contribution in [-0.4, -0.2) is 10.8 Å². The summed E-state index contributed by atoms with van der Waals surface area (Å²) in [5, 5.41) is 1.20. The fourth-order valence-electron chi connectivity index (χ4n) is 2.78. The first-order valence-corrected chi connectivity index (χ1v) is 7.13. The Morgan fingerprint density at radius 2 is 1.88 bits per heavy atom. The molecular formula is C14H19NOS. The van der Waals surface area contributed by atoms with Gasteiger partial charge >= 0.3 is 0 Å². The van der Waals surface area contributed by atoms with Gasteiger partial charge in [0.2, 0.25) is 0 Å². The second kappa shape index (κ2) is 3.19. The average molecular weight is 249 g/mol. The van der Waals surface area contributed by atoms with Crippen LogP contribution in [-0.2, 0) is 6.42 Å². The van der Waals surface area contributed by atoms with Crippen LogP contribution in [0.3, 0.4) is 0 Å². The summed E-state index contributed by atoms with van der Waals surface area (Å²) in [5.74, 6) is 0.896. The first-order chi connectivity index (χ1) is 7.78. The first-order valence-electron chi connectivity index (χ1n) is 6.31. The number of hydrogen-bond donors (Lipinski definition) is 0. The van der Waals surface area contributed by atoms with E-state index >= 15 is 0 Å². The van der Waals surface area contributed by atoms with Gasteiger partial charge in [-0.05, 0) is 23.7 Å². The molecule has 0 saturated heterocycles. The smallest absolute Gasteiger partial charge is 0.175 e. The predicted octanol–water partition coefficient (Wildman–Crippen LogP) is 3.81. The van der Waals surface area contributed by atoms with Gasteiger partial charge in [-0.1, -0.05) is 27.7 Å². The Kier molecular flexibility index (Phi) is 2.14. The summed E-state index contributed by atoms with van der Waals surface area (Å²) in [6.45, 7) is 8.88. The molecule has 2 aliphatic carbocycles. The minimum absolute atomic E-state index is 0.0918. The van der Waals surface area contributed by atoms with Crippen LogP contribution in [0.4, 0.5) is 0 Å².